The minimum Gasteiger partial charge on any atom is -0.407 e. The average molecular weight is 274 g/mol. The van der Waals surface area contributed by atoms with E-state index in [1.165, 1.54) is 4.57 Å². The van der Waals surface area contributed by atoms with Crippen molar-refractivity contribution in [1.82, 2.24) is 9.88 Å². The lowest BCUT2D eigenvalue weighted by Gasteiger charge is -2.21. The molecule has 1 atom stereocenters. The van der Waals surface area contributed by atoms with Crippen molar-refractivity contribution in [3.63, 3.8) is 0 Å². The number of imide groups is 1. The lowest BCUT2D eigenvalue weighted by Crippen LogP contribution is -2.43. The highest BCUT2D eigenvalue weighted by atomic mass is 16.4. The molecule has 1 saturated heterocycles. The van der Waals surface area contributed by atoms with Crippen LogP contribution < -0.4 is 11.1 Å². The molecule has 1 aliphatic rings. The third-order valence-electron chi connectivity index (χ3n) is 3.62. The summed E-state index contributed by atoms with van der Waals surface area (Å²) in [6.45, 7) is 1.97. The number of aromatic nitrogens is 1. The van der Waals surface area contributed by atoms with Crippen LogP contribution in [-0.2, 0) is 16.0 Å². The number of nitrogens with one attached hydrogen (secondary N) is 1. The van der Waals surface area contributed by atoms with Crippen LogP contribution in [0.2, 0.25) is 0 Å². The molecule has 0 radical (unpaired) electrons. The van der Waals surface area contributed by atoms with E-state index in [0.29, 0.717) is 17.5 Å². The number of fused-ring (bicyclic) bond motifs is 1. The molecule has 6 nitrogen and oxygen atoms in total. The van der Waals surface area contributed by atoms with Gasteiger partial charge in [0.2, 0.25) is 11.8 Å². The summed E-state index contributed by atoms with van der Waals surface area (Å²) >= 11 is 0. The van der Waals surface area contributed by atoms with Gasteiger partial charge in [-0.05, 0) is 24.5 Å². The number of aryl methyl sites for hydroxylation is 1. The number of nitrogens with zero attached hydrogens (tertiary/aromatic N) is 1. The Bertz CT molecular complexity index is 756. The van der Waals surface area contributed by atoms with Gasteiger partial charge in [0.15, 0.2) is 5.58 Å². The molecule has 104 valence electrons. The van der Waals surface area contributed by atoms with E-state index in [4.69, 9.17) is 4.42 Å². The van der Waals surface area contributed by atoms with Crippen LogP contribution in [0.4, 0.5) is 0 Å². The molecule has 6 heteroatoms. The van der Waals surface area contributed by atoms with Crippen LogP contribution in [0.3, 0.4) is 0 Å². The van der Waals surface area contributed by atoms with Gasteiger partial charge in [-0.1, -0.05) is 19.1 Å². The SMILES string of the molecule is CCc1cccc2c1oc(=O)n2[C@H]1CCC(=O)NC1=O. The van der Waals surface area contributed by atoms with E-state index in [9.17, 15) is 14.4 Å². The molecule has 1 aliphatic heterocycles. The fourth-order valence-corrected chi connectivity index (χ4v) is 2.62. The Morgan fingerprint density at radius 1 is 1.35 bits per heavy atom. The molecule has 1 aromatic heterocycles. The zero-order chi connectivity index (χ0) is 14.3. The molecule has 1 N–H and O–H groups in total. The molecule has 0 aliphatic carbocycles. The Balaban J connectivity index is 2.17. The zero-order valence-electron chi connectivity index (χ0n) is 11.0. The fourth-order valence-electron chi connectivity index (χ4n) is 2.62. The largest absolute Gasteiger partial charge is 0.420 e. The van der Waals surface area contributed by atoms with E-state index < -0.39 is 17.7 Å². The number of carbonyl (C=O) groups excluding carboxylic acids is 2. The molecule has 2 heterocycles. The highest BCUT2D eigenvalue weighted by Gasteiger charge is 2.31. The number of para-hydroxylation sites is 1. The topological polar surface area (TPSA) is 81.3 Å². The standard InChI is InChI=1S/C14H14N2O4/c1-2-8-4-3-5-9-12(8)20-14(19)16(9)10-6-7-11(17)15-13(10)18/h3-5,10H,2,6-7H2,1H3,(H,15,17,18)/t10-/m0/s1. The second kappa shape index (κ2) is 4.63. The Morgan fingerprint density at radius 2 is 2.15 bits per heavy atom. The van der Waals surface area contributed by atoms with Gasteiger partial charge in [-0.25, -0.2) is 4.79 Å². The Labute approximate surface area is 114 Å². The Hall–Kier alpha value is -2.37. The third kappa shape index (κ3) is 1.84. The number of oxazole rings is 1. The van der Waals surface area contributed by atoms with Crippen molar-refractivity contribution in [1.29, 1.82) is 0 Å². The van der Waals surface area contributed by atoms with Gasteiger partial charge >= 0.3 is 5.76 Å². The van der Waals surface area contributed by atoms with E-state index in [0.717, 1.165) is 12.0 Å². The highest BCUT2D eigenvalue weighted by molar-refractivity contribution is 6.00. The van der Waals surface area contributed by atoms with Crippen LogP contribution in [0.25, 0.3) is 11.1 Å². The van der Waals surface area contributed by atoms with Crippen LogP contribution in [0.15, 0.2) is 27.4 Å². The zero-order valence-corrected chi connectivity index (χ0v) is 11.0. The van der Waals surface area contributed by atoms with E-state index in [1.54, 1.807) is 6.07 Å². The van der Waals surface area contributed by atoms with Crippen LogP contribution >= 0.6 is 0 Å². The molecule has 2 amide bonds. The highest BCUT2D eigenvalue weighted by Crippen LogP contribution is 2.25. The van der Waals surface area contributed by atoms with Crippen molar-refractivity contribution in [3.8, 4) is 0 Å². The van der Waals surface area contributed by atoms with Crippen molar-refractivity contribution in [2.75, 3.05) is 0 Å². The maximum Gasteiger partial charge on any atom is 0.420 e. The summed E-state index contributed by atoms with van der Waals surface area (Å²) < 4.78 is 6.64. The molecule has 1 aromatic carbocycles. The Kier molecular flexibility index (Phi) is 2.93. The van der Waals surface area contributed by atoms with Crippen LogP contribution in [0, 0.1) is 0 Å². The molecule has 0 spiro atoms. The normalized spacial score (nSPS) is 19.4. The second-order valence-electron chi connectivity index (χ2n) is 4.82. The summed E-state index contributed by atoms with van der Waals surface area (Å²) in [5.41, 5.74) is 2.04. The molecular weight excluding hydrogens is 260 g/mol. The number of hydrogen-bond acceptors (Lipinski definition) is 4. The van der Waals surface area contributed by atoms with Gasteiger partial charge in [0, 0.05) is 6.42 Å². The molecule has 0 unspecified atom stereocenters. The summed E-state index contributed by atoms with van der Waals surface area (Å²) in [4.78, 5) is 35.2. The fraction of sp³-hybridized carbons (Fsp3) is 0.357. The summed E-state index contributed by atoms with van der Waals surface area (Å²) in [7, 11) is 0. The van der Waals surface area contributed by atoms with Gasteiger partial charge in [-0.15, -0.1) is 0 Å². The first-order valence-electron chi connectivity index (χ1n) is 6.58. The maximum atomic E-state index is 12.1. The predicted octanol–water partition coefficient (Wildman–Crippen LogP) is 1.13. The van der Waals surface area contributed by atoms with E-state index in [2.05, 4.69) is 5.32 Å². The first-order valence-corrected chi connectivity index (χ1v) is 6.58. The number of amides is 2. The van der Waals surface area contributed by atoms with Crippen molar-refractivity contribution < 1.29 is 14.0 Å². The minimum absolute atomic E-state index is 0.225. The first-order chi connectivity index (χ1) is 9.61. The van der Waals surface area contributed by atoms with Crippen molar-refractivity contribution in [2.45, 2.75) is 32.2 Å². The minimum atomic E-state index is -0.687. The van der Waals surface area contributed by atoms with E-state index in [1.807, 2.05) is 19.1 Å². The van der Waals surface area contributed by atoms with E-state index >= 15 is 0 Å². The van der Waals surface area contributed by atoms with Crippen molar-refractivity contribution in [3.05, 3.63) is 34.3 Å². The number of benzene rings is 1. The van der Waals surface area contributed by atoms with Crippen molar-refractivity contribution in [2.24, 2.45) is 0 Å². The van der Waals surface area contributed by atoms with Gasteiger partial charge in [0.1, 0.15) is 6.04 Å². The van der Waals surface area contributed by atoms with Crippen LogP contribution in [-0.4, -0.2) is 16.4 Å². The van der Waals surface area contributed by atoms with Gasteiger partial charge in [-0.3, -0.25) is 19.5 Å². The first kappa shape index (κ1) is 12.7. The molecule has 3 rings (SSSR count). The monoisotopic (exact) mass is 274 g/mol. The Morgan fingerprint density at radius 3 is 2.85 bits per heavy atom. The summed E-state index contributed by atoms with van der Waals surface area (Å²) in [5.74, 6) is -1.32. The number of piperidine rings is 1. The molecule has 20 heavy (non-hydrogen) atoms. The van der Waals surface area contributed by atoms with Crippen LogP contribution in [0.5, 0.6) is 0 Å². The van der Waals surface area contributed by atoms with E-state index in [-0.39, 0.29) is 12.3 Å². The smallest absolute Gasteiger partial charge is 0.407 e. The lowest BCUT2D eigenvalue weighted by molar-refractivity contribution is -0.135. The van der Waals surface area contributed by atoms with Gasteiger partial charge < -0.3 is 4.42 Å². The predicted molar refractivity (Wildman–Crippen MR) is 71.3 cm³/mol. The lowest BCUT2D eigenvalue weighted by atomic mass is 10.1. The van der Waals surface area contributed by atoms with Gasteiger partial charge in [0.25, 0.3) is 0 Å². The maximum absolute atomic E-state index is 12.1. The average Bonchev–Trinajstić information content (AvgIpc) is 2.75. The number of rotatable bonds is 2. The number of hydrogen-bond donors (Lipinski definition) is 1. The third-order valence-corrected chi connectivity index (χ3v) is 3.62. The molecule has 1 fully saturated rings. The molecule has 0 saturated carbocycles. The summed E-state index contributed by atoms with van der Waals surface area (Å²) in [6, 6.07) is 4.79. The number of carbonyl (C=O) groups is 2. The van der Waals surface area contributed by atoms with Crippen LogP contribution in [0.1, 0.15) is 31.4 Å². The summed E-state index contributed by atoms with van der Waals surface area (Å²) in [6.07, 6.45) is 1.28. The van der Waals surface area contributed by atoms with Gasteiger partial charge in [-0.2, -0.15) is 0 Å². The van der Waals surface area contributed by atoms with Crippen molar-refractivity contribution >= 4 is 22.9 Å². The second-order valence-corrected chi connectivity index (χ2v) is 4.82. The quantitative estimate of drug-likeness (QED) is 0.832. The van der Waals surface area contributed by atoms with Gasteiger partial charge in [0.05, 0.1) is 5.52 Å². The molecule has 0 bridgehead atoms. The summed E-state index contributed by atoms with van der Waals surface area (Å²) in [5, 5.41) is 2.26. The molecule has 2 aromatic rings. The molecular formula is C14H14N2O4.